The molecule has 0 radical (unpaired) electrons. The summed E-state index contributed by atoms with van der Waals surface area (Å²) in [4.78, 5) is 21.0. The Labute approximate surface area is 93.6 Å². The molecule has 0 aliphatic rings. The molecule has 1 amide bonds. The second-order valence-corrected chi connectivity index (χ2v) is 3.91. The molecule has 1 aromatic rings. The lowest BCUT2D eigenvalue weighted by molar-refractivity contribution is -0.386. The van der Waals surface area contributed by atoms with Gasteiger partial charge in [0.15, 0.2) is 0 Å². The van der Waals surface area contributed by atoms with Crippen LogP contribution in [0.3, 0.4) is 0 Å². The van der Waals surface area contributed by atoms with Crippen LogP contribution in [0.15, 0.2) is 12.1 Å². The van der Waals surface area contributed by atoms with Gasteiger partial charge in [0.1, 0.15) is 0 Å². The van der Waals surface area contributed by atoms with Gasteiger partial charge < -0.3 is 5.73 Å². The smallest absolute Gasteiger partial charge is 0.285 e. The minimum absolute atomic E-state index is 0.0237. The van der Waals surface area contributed by atoms with E-state index < -0.39 is 10.8 Å². The van der Waals surface area contributed by atoms with E-state index in [1.807, 2.05) is 22.6 Å². The number of carbonyl (C=O) groups is 1. The van der Waals surface area contributed by atoms with Crippen molar-refractivity contribution in [3.05, 3.63) is 36.9 Å². The van der Waals surface area contributed by atoms with E-state index in [0.717, 1.165) is 0 Å². The summed E-state index contributed by atoms with van der Waals surface area (Å²) < 4.78 is 0.418. The molecule has 0 fully saturated rings. The fraction of sp³-hybridized carbons (Fsp3) is 0.125. The fourth-order valence-electron chi connectivity index (χ4n) is 1.11. The molecular weight excluding hydrogens is 299 g/mol. The van der Waals surface area contributed by atoms with Gasteiger partial charge in [-0.15, -0.1) is 0 Å². The highest BCUT2D eigenvalue weighted by Gasteiger charge is 2.17. The number of nitrogens with two attached hydrogens (primary N) is 1. The third kappa shape index (κ3) is 2.00. The molecule has 0 saturated heterocycles. The maximum Gasteiger partial charge on any atom is 0.285 e. The number of rotatable bonds is 2. The summed E-state index contributed by atoms with van der Waals surface area (Å²) in [5, 5.41) is 10.6. The summed E-state index contributed by atoms with van der Waals surface area (Å²) in [5.74, 6) is -0.582. The van der Waals surface area contributed by atoms with Crippen LogP contribution in [0.1, 0.15) is 15.9 Å². The van der Waals surface area contributed by atoms with Crippen molar-refractivity contribution in [3.63, 3.8) is 0 Å². The fourth-order valence-corrected chi connectivity index (χ4v) is 2.07. The van der Waals surface area contributed by atoms with Gasteiger partial charge in [-0.3, -0.25) is 14.9 Å². The number of hydrogen-bond donors (Lipinski definition) is 1. The molecule has 14 heavy (non-hydrogen) atoms. The van der Waals surface area contributed by atoms with E-state index in [4.69, 9.17) is 5.73 Å². The summed E-state index contributed by atoms with van der Waals surface area (Å²) in [5.41, 5.74) is 5.82. The lowest BCUT2D eigenvalue weighted by Crippen LogP contribution is -2.12. The molecule has 0 aliphatic carbocycles. The Morgan fingerprint density at radius 3 is 2.50 bits per heavy atom. The van der Waals surface area contributed by atoms with E-state index in [1.54, 1.807) is 6.92 Å². The molecule has 0 aliphatic heterocycles. The topological polar surface area (TPSA) is 86.2 Å². The molecule has 0 aromatic heterocycles. The molecule has 2 N–H and O–H groups in total. The number of amides is 1. The molecule has 5 nitrogen and oxygen atoms in total. The lowest BCUT2D eigenvalue weighted by atomic mass is 10.1. The zero-order valence-corrected chi connectivity index (χ0v) is 9.44. The Hall–Kier alpha value is -1.18. The normalized spacial score (nSPS) is 9.86. The summed E-state index contributed by atoms with van der Waals surface area (Å²) in [6.07, 6.45) is 0. The van der Waals surface area contributed by atoms with E-state index >= 15 is 0 Å². The lowest BCUT2D eigenvalue weighted by Gasteiger charge is -2.02. The Balaban J connectivity index is 3.39. The molecule has 74 valence electrons. The van der Waals surface area contributed by atoms with Crippen LogP contribution >= 0.6 is 22.6 Å². The van der Waals surface area contributed by atoms with Crippen LogP contribution in [0, 0.1) is 20.6 Å². The molecule has 1 rings (SSSR count). The minimum Gasteiger partial charge on any atom is -0.366 e. The van der Waals surface area contributed by atoms with Gasteiger partial charge in [0.2, 0.25) is 5.91 Å². The van der Waals surface area contributed by atoms with Gasteiger partial charge in [-0.1, -0.05) is 0 Å². The Kier molecular flexibility index (Phi) is 3.04. The number of halogens is 1. The van der Waals surface area contributed by atoms with Gasteiger partial charge in [0.05, 0.1) is 8.49 Å². The predicted octanol–water partition coefficient (Wildman–Crippen LogP) is 1.61. The first-order chi connectivity index (χ1) is 6.43. The van der Waals surface area contributed by atoms with Gasteiger partial charge in [0, 0.05) is 11.1 Å². The molecule has 0 unspecified atom stereocenters. The van der Waals surface area contributed by atoms with Crippen molar-refractivity contribution < 1.29 is 9.72 Å². The summed E-state index contributed by atoms with van der Waals surface area (Å²) in [7, 11) is 0. The van der Waals surface area contributed by atoms with Crippen molar-refractivity contribution in [1.29, 1.82) is 0 Å². The number of nitro groups is 1. The summed E-state index contributed by atoms with van der Waals surface area (Å²) >= 11 is 1.81. The standard InChI is InChI=1S/C8H7IN2O3/c1-4-2-5(8(10)12)3-6(9)7(4)11(13)14/h2-3H,1H3,(H2,10,12). The maximum absolute atomic E-state index is 10.8. The van der Waals surface area contributed by atoms with Crippen LogP contribution < -0.4 is 5.73 Å². The van der Waals surface area contributed by atoms with Gasteiger partial charge >= 0.3 is 0 Å². The molecule has 1 aromatic carbocycles. The van der Waals surface area contributed by atoms with E-state index in [-0.39, 0.29) is 11.3 Å². The third-order valence-electron chi connectivity index (χ3n) is 1.72. The first-order valence-corrected chi connectivity index (χ1v) is 4.75. The monoisotopic (exact) mass is 306 g/mol. The highest BCUT2D eigenvalue weighted by molar-refractivity contribution is 14.1. The van der Waals surface area contributed by atoms with Crippen LogP contribution in [-0.2, 0) is 0 Å². The van der Waals surface area contributed by atoms with Crippen molar-refractivity contribution >= 4 is 34.2 Å². The SMILES string of the molecule is Cc1cc(C(N)=O)cc(I)c1[N+](=O)[O-]. The number of hydrogen-bond acceptors (Lipinski definition) is 3. The van der Waals surface area contributed by atoms with Crippen LogP contribution in [0.5, 0.6) is 0 Å². The van der Waals surface area contributed by atoms with Gasteiger partial charge in [-0.25, -0.2) is 0 Å². The van der Waals surface area contributed by atoms with Crippen molar-refractivity contribution in [2.24, 2.45) is 5.73 Å². The first kappa shape index (κ1) is 10.9. The van der Waals surface area contributed by atoms with E-state index in [0.29, 0.717) is 9.13 Å². The van der Waals surface area contributed by atoms with E-state index in [2.05, 4.69) is 0 Å². The van der Waals surface area contributed by atoms with Gasteiger partial charge in [-0.2, -0.15) is 0 Å². The highest BCUT2D eigenvalue weighted by atomic mass is 127. The number of nitro benzene ring substituents is 1. The zero-order chi connectivity index (χ0) is 10.9. The zero-order valence-electron chi connectivity index (χ0n) is 7.28. The maximum atomic E-state index is 10.8. The van der Waals surface area contributed by atoms with Crippen molar-refractivity contribution in [2.45, 2.75) is 6.92 Å². The molecule has 0 spiro atoms. The molecule has 0 heterocycles. The van der Waals surface area contributed by atoms with Gasteiger partial charge in [0.25, 0.3) is 5.69 Å². The quantitative estimate of drug-likeness (QED) is 0.511. The summed E-state index contributed by atoms with van der Waals surface area (Å²) in [6, 6.07) is 2.83. The van der Waals surface area contributed by atoms with Crippen molar-refractivity contribution in [3.8, 4) is 0 Å². The predicted molar refractivity (Wildman–Crippen MR) is 59.1 cm³/mol. The third-order valence-corrected chi connectivity index (χ3v) is 2.54. The van der Waals surface area contributed by atoms with E-state index in [1.165, 1.54) is 12.1 Å². The number of aryl methyl sites for hydroxylation is 1. The van der Waals surface area contributed by atoms with Crippen LogP contribution in [0.4, 0.5) is 5.69 Å². The average Bonchev–Trinajstić information content (AvgIpc) is 2.01. The number of carbonyl (C=O) groups excluding carboxylic acids is 1. The van der Waals surface area contributed by atoms with E-state index in [9.17, 15) is 14.9 Å². The largest absolute Gasteiger partial charge is 0.366 e. The average molecular weight is 306 g/mol. The van der Waals surface area contributed by atoms with Crippen molar-refractivity contribution in [2.75, 3.05) is 0 Å². The highest BCUT2D eigenvalue weighted by Crippen LogP contribution is 2.26. The number of nitrogens with zero attached hydrogens (tertiary/aromatic N) is 1. The number of benzene rings is 1. The minimum atomic E-state index is -0.582. The Morgan fingerprint density at radius 2 is 2.14 bits per heavy atom. The Bertz CT molecular complexity index is 394. The number of primary amides is 1. The summed E-state index contributed by atoms with van der Waals surface area (Å²) in [6.45, 7) is 1.58. The molecule has 6 heteroatoms. The second kappa shape index (κ2) is 3.91. The van der Waals surface area contributed by atoms with Crippen LogP contribution in [0.25, 0.3) is 0 Å². The molecule has 0 saturated carbocycles. The Morgan fingerprint density at radius 1 is 1.57 bits per heavy atom. The van der Waals surface area contributed by atoms with Crippen LogP contribution in [0.2, 0.25) is 0 Å². The first-order valence-electron chi connectivity index (χ1n) is 3.68. The molecule has 0 bridgehead atoms. The molecule has 0 atom stereocenters. The van der Waals surface area contributed by atoms with Crippen molar-refractivity contribution in [1.82, 2.24) is 0 Å². The van der Waals surface area contributed by atoms with Crippen LogP contribution in [-0.4, -0.2) is 10.8 Å². The second-order valence-electron chi connectivity index (χ2n) is 2.74. The molecular formula is C8H7IN2O3. The van der Waals surface area contributed by atoms with Gasteiger partial charge in [-0.05, 0) is 41.6 Å².